The molecule has 0 spiro atoms. The summed E-state index contributed by atoms with van der Waals surface area (Å²) in [6, 6.07) is -0.864. The molecule has 0 radical (unpaired) electrons. The van der Waals surface area contributed by atoms with Gasteiger partial charge in [0.1, 0.15) is 6.04 Å². The van der Waals surface area contributed by atoms with Gasteiger partial charge in [0.25, 0.3) is 0 Å². The highest BCUT2D eigenvalue weighted by Gasteiger charge is 2.22. The second-order valence-electron chi connectivity index (χ2n) is 4.79. The van der Waals surface area contributed by atoms with Gasteiger partial charge in [0.05, 0.1) is 0 Å². The maximum Gasteiger partial charge on any atom is 0.320 e. The van der Waals surface area contributed by atoms with Crippen LogP contribution in [0.2, 0.25) is 0 Å². The summed E-state index contributed by atoms with van der Waals surface area (Å²) in [4.78, 5) is 22.1. The van der Waals surface area contributed by atoms with Crippen molar-refractivity contribution in [3.05, 3.63) is 0 Å². The fourth-order valence-corrected chi connectivity index (χ4v) is 2.07. The number of carbonyl (C=O) groups excluding carboxylic acids is 1. The molecule has 1 amide bonds. The van der Waals surface area contributed by atoms with E-state index in [1.54, 1.807) is 0 Å². The summed E-state index contributed by atoms with van der Waals surface area (Å²) >= 11 is 0. The Kier molecular flexibility index (Phi) is 6.07. The Morgan fingerprint density at radius 3 is 2.61 bits per heavy atom. The highest BCUT2D eigenvalue weighted by molar-refractivity contribution is 5.78. The molecule has 1 fully saturated rings. The Balaban J connectivity index is 2.24. The number of nitrogens with two attached hydrogens (primary N) is 1. The van der Waals surface area contributed by atoms with E-state index in [4.69, 9.17) is 15.6 Å². The van der Waals surface area contributed by atoms with Gasteiger partial charge in [0, 0.05) is 25.7 Å². The smallest absolute Gasteiger partial charge is 0.320 e. The molecule has 4 N–H and O–H groups in total. The van der Waals surface area contributed by atoms with Gasteiger partial charge in [-0.05, 0) is 32.1 Å². The zero-order chi connectivity index (χ0) is 13.5. The largest absolute Gasteiger partial charge is 0.480 e. The van der Waals surface area contributed by atoms with Crippen LogP contribution >= 0.6 is 0 Å². The van der Waals surface area contributed by atoms with E-state index in [-0.39, 0.29) is 24.8 Å². The number of amides is 1. The van der Waals surface area contributed by atoms with Gasteiger partial charge in [0.15, 0.2) is 0 Å². The molecule has 0 aromatic carbocycles. The fourth-order valence-electron chi connectivity index (χ4n) is 2.07. The van der Waals surface area contributed by atoms with Crippen LogP contribution in [0.25, 0.3) is 0 Å². The SMILES string of the molecule is C[C@H](NC(=O)CCC(N)C(=O)O)C1CCOCC1. The van der Waals surface area contributed by atoms with Gasteiger partial charge in [-0.15, -0.1) is 0 Å². The van der Waals surface area contributed by atoms with E-state index in [0.29, 0.717) is 5.92 Å². The van der Waals surface area contributed by atoms with E-state index in [9.17, 15) is 9.59 Å². The second-order valence-corrected chi connectivity index (χ2v) is 4.79. The summed E-state index contributed by atoms with van der Waals surface area (Å²) in [5, 5.41) is 11.5. The van der Waals surface area contributed by atoms with Crippen molar-refractivity contribution in [3.63, 3.8) is 0 Å². The van der Waals surface area contributed by atoms with Crippen molar-refractivity contribution in [1.29, 1.82) is 0 Å². The number of carboxylic acid groups (broad SMARTS) is 1. The summed E-state index contributed by atoms with van der Waals surface area (Å²) < 4.78 is 5.27. The molecule has 1 aliphatic rings. The summed E-state index contributed by atoms with van der Waals surface area (Å²) in [5.41, 5.74) is 5.34. The zero-order valence-corrected chi connectivity index (χ0v) is 10.7. The number of ether oxygens (including phenoxy) is 1. The first-order valence-electron chi connectivity index (χ1n) is 6.36. The van der Waals surface area contributed by atoms with Crippen molar-refractivity contribution in [3.8, 4) is 0 Å². The third kappa shape index (κ3) is 5.01. The monoisotopic (exact) mass is 258 g/mol. The maximum absolute atomic E-state index is 11.6. The van der Waals surface area contributed by atoms with Gasteiger partial charge in [-0.1, -0.05) is 0 Å². The van der Waals surface area contributed by atoms with Crippen molar-refractivity contribution in [2.45, 2.75) is 44.7 Å². The molecule has 2 atom stereocenters. The van der Waals surface area contributed by atoms with Crippen molar-refractivity contribution >= 4 is 11.9 Å². The van der Waals surface area contributed by atoms with Gasteiger partial charge in [0.2, 0.25) is 5.91 Å². The van der Waals surface area contributed by atoms with E-state index in [0.717, 1.165) is 26.1 Å². The predicted molar refractivity (Wildman–Crippen MR) is 66.0 cm³/mol. The summed E-state index contributed by atoms with van der Waals surface area (Å²) in [7, 11) is 0. The van der Waals surface area contributed by atoms with Crippen molar-refractivity contribution in [2.24, 2.45) is 11.7 Å². The van der Waals surface area contributed by atoms with E-state index < -0.39 is 12.0 Å². The Labute approximate surface area is 107 Å². The molecule has 1 unspecified atom stereocenters. The van der Waals surface area contributed by atoms with Gasteiger partial charge in [-0.25, -0.2) is 0 Å². The molecule has 6 heteroatoms. The lowest BCUT2D eigenvalue weighted by molar-refractivity contribution is -0.138. The van der Waals surface area contributed by atoms with Crippen LogP contribution in [0.5, 0.6) is 0 Å². The standard InChI is InChI=1S/C12H22N2O4/c1-8(9-4-6-18-7-5-9)14-11(15)3-2-10(13)12(16)17/h8-10H,2-7,13H2,1H3,(H,14,15)(H,16,17)/t8-,10?/m0/s1. The number of carboxylic acids is 1. The number of rotatable bonds is 6. The number of nitrogens with one attached hydrogen (secondary N) is 1. The lowest BCUT2D eigenvalue weighted by Crippen LogP contribution is -2.41. The van der Waals surface area contributed by atoms with E-state index in [1.165, 1.54) is 0 Å². The lowest BCUT2D eigenvalue weighted by atomic mass is 9.93. The van der Waals surface area contributed by atoms with Crippen LogP contribution in [0.3, 0.4) is 0 Å². The molecule has 1 saturated heterocycles. The van der Waals surface area contributed by atoms with Crippen molar-refractivity contribution in [2.75, 3.05) is 13.2 Å². The topological polar surface area (TPSA) is 102 Å². The third-order valence-corrected chi connectivity index (χ3v) is 3.36. The molecule has 1 rings (SSSR count). The average Bonchev–Trinajstić information content (AvgIpc) is 2.36. The quantitative estimate of drug-likeness (QED) is 0.627. The van der Waals surface area contributed by atoms with Crippen LogP contribution in [0.1, 0.15) is 32.6 Å². The van der Waals surface area contributed by atoms with Crippen LogP contribution in [0, 0.1) is 5.92 Å². The molecule has 0 saturated carbocycles. The number of aliphatic carboxylic acids is 1. The van der Waals surface area contributed by atoms with Gasteiger partial charge < -0.3 is 20.9 Å². The molecular formula is C12H22N2O4. The first-order chi connectivity index (χ1) is 8.50. The zero-order valence-electron chi connectivity index (χ0n) is 10.7. The maximum atomic E-state index is 11.6. The van der Waals surface area contributed by atoms with Crippen molar-refractivity contribution < 1.29 is 19.4 Å². The first-order valence-corrected chi connectivity index (χ1v) is 6.36. The van der Waals surface area contributed by atoms with Gasteiger partial charge >= 0.3 is 5.97 Å². The number of carbonyl (C=O) groups is 2. The Morgan fingerprint density at radius 1 is 1.44 bits per heavy atom. The highest BCUT2D eigenvalue weighted by atomic mass is 16.5. The Hall–Kier alpha value is -1.14. The first kappa shape index (κ1) is 14.9. The van der Waals surface area contributed by atoms with Gasteiger partial charge in [-0.2, -0.15) is 0 Å². The van der Waals surface area contributed by atoms with Crippen LogP contribution < -0.4 is 11.1 Å². The number of hydrogen-bond donors (Lipinski definition) is 3. The molecule has 0 aromatic heterocycles. The number of hydrogen-bond acceptors (Lipinski definition) is 4. The molecular weight excluding hydrogens is 236 g/mol. The van der Waals surface area contributed by atoms with E-state index in [1.807, 2.05) is 6.92 Å². The van der Waals surface area contributed by atoms with E-state index >= 15 is 0 Å². The molecule has 0 aromatic rings. The predicted octanol–water partition coefficient (Wildman–Crippen LogP) is 0.110. The Bertz CT molecular complexity index is 290. The molecule has 18 heavy (non-hydrogen) atoms. The lowest BCUT2D eigenvalue weighted by Gasteiger charge is -2.28. The average molecular weight is 258 g/mol. The minimum atomic E-state index is -1.07. The molecule has 0 bridgehead atoms. The van der Waals surface area contributed by atoms with Crippen LogP contribution in [-0.4, -0.2) is 42.3 Å². The van der Waals surface area contributed by atoms with E-state index in [2.05, 4.69) is 5.32 Å². The van der Waals surface area contributed by atoms with Crippen molar-refractivity contribution in [1.82, 2.24) is 5.32 Å². The summed E-state index contributed by atoms with van der Waals surface area (Å²) in [5.74, 6) is -0.762. The van der Waals surface area contributed by atoms with Crippen LogP contribution in [0.4, 0.5) is 0 Å². The highest BCUT2D eigenvalue weighted by Crippen LogP contribution is 2.18. The minimum absolute atomic E-state index is 0.0995. The molecule has 1 heterocycles. The normalized spacial score (nSPS) is 20.1. The Morgan fingerprint density at radius 2 is 2.06 bits per heavy atom. The third-order valence-electron chi connectivity index (χ3n) is 3.36. The fraction of sp³-hybridized carbons (Fsp3) is 0.833. The molecule has 0 aliphatic carbocycles. The van der Waals surface area contributed by atoms with Crippen LogP contribution in [0.15, 0.2) is 0 Å². The van der Waals surface area contributed by atoms with Crippen LogP contribution in [-0.2, 0) is 14.3 Å². The molecule has 104 valence electrons. The summed E-state index contributed by atoms with van der Waals surface area (Å²) in [6.45, 7) is 3.47. The van der Waals surface area contributed by atoms with Gasteiger partial charge in [-0.3, -0.25) is 9.59 Å². The second kappa shape index (κ2) is 7.33. The molecule has 1 aliphatic heterocycles. The minimum Gasteiger partial charge on any atom is -0.480 e. The molecule has 6 nitrogen and oxygen atoms in total. The summed E-state index contributed by atoms with van der Waals surface area (Å²) in [6.07, 6.45) is 2.23.